The summed E-state index contributed by atoms with van der Waals surface area (Å²) in [6.07, 6.45) is -0.135. The maximum absolute atomic E-state index is 12.2. The molecular weight excluding hydrogens is 269 g/mol. The molecule has 0 aliphatic carbocycles. The van der Waals surface area contributed by atoms with Crippen LogP contribution in [0.2, 0.25) is 0 Å². The van der Waals surface area contributed by atoms with Gasteiger partial charge in [-0.15, -0.1) is 12.3 Å². The average Bonchev–Trinajstić information content (AvgIpc) is 2.25. The predicted molar refractivity (Wildman–Crippen MR) is 58.1 cm³/mol. The van der Waals surface area contributed by atoms with Crippen molar-refractivity contribution >= 4 is 12.0 Å². The molecule has 19 heavy (non-hydrogen) atoms. The van der Waals surface area contributed by atoms with E-state index in [1.54, 1.807) is 0 Å². The standard InChI is InChI=1S/C10H13F3N2O4/c1-2-3-7(8(17)18)14-9(19)15(4-5-16)6-10(11,12)13/h1,7,16H,3-6H2,(H,14,19)(H,17,18). The Morgan fingerprint density at radius 1 is 1.42 bits per heavy atom. The zero-order chi connectivity index (χ0) is 15.1. The van der Waals surface area contributed by atoms with Crippen molar-refractivity contribution in [3.05, 3.63) is 0 Å². The summed E-state index contributed by atoms with van der Waals surface area (Å²) in [6, 6.07) is -2.74. The Bertz CT molecular complexity index is 365. The second kappa shape index (κ2) is 7.48. The van der Waals surface area contributed by atoms with Crippen LogP contribution in [0.1, 0.15) is 6.42 Å². The summed E-state index contributed by atoms with van der Waals surface area (Å²) >= 11 is 0. The molecule has 6 nitrogen and oxygen atoms in total. The number of aliphatic hydroxyl groups excluding tert-OH is 1. The van der Waals surface area contributed by atoms with Gasteiger partial charge in [0.1, 0.15) is 12.6 Å². The number of nitrogens with one attached hydrogen (secondary N) is 1. The lowest BCUT2D eigenvalue weighted by Gasteiger charge is -2.24. The van der Waals surface area contributed by atoms with E-state index in [0.29, 0.717) is 0 Å². The van der Waals surface area contributed by atoms with Crippen molar-refractivity contribution in [3.63, 3.8) is 0 Å². The lowest BCUT2D eigenvalue weighted by molar-refractivity contribution is -0.141. The van der Waals surface area contributed by atoms with Crippen LogP contribution in [0.15, 0.2) is 0 Å². The van der Waals surface area contributed by atoms with Crippen molar-refractivity contribution in [2.45, 2.75) is 18.6 Å². The van der Waals surface area contributed by atoms with E-state index in [9.17, 15) is 22.8 Å². The molecule has 0 heterocycles. The van der Waals surface area contributed by atoms with Crippen molar-refractivity contribution in [2.24, 2.45) is 0 Å². The number of carboxylic acids is 1. The van der Waals surface area contributed by atoms with Crippen molar-refractivity contribution < 1.29 is 33.0 Å². The van der Waals surface area contributed by atoms with E-state index in [1.165, 1.54) is 0 Å². The number of urea groups is 1. The minimum atomic E-state index is -4.66. The first kappa shape index (κ1) is 17.1. The number of aliphatic hydroxyl groups is 1. The molecular formula is C10H13F3N2O4. The van der Waals surface area contributed by atoms with Crippen molar-refractivity contribution in [2.75, 3.05) is 19.7 Å². The summed E-state index contributed by atoms with van der Waals surface area (Å²) < 4.78 is 36.5. The van der Waals surface area contributed by atoms with Gasteiger partial charge in [0, 0.05) is 13.0 Å². The highest BCUT2D eigenvalue weighted by atomic mass is 19.4. The number of carbonyl (C=O) groups is 2. The number of aliphatic carboxylic acids is 1. The highest BCUT2D eigenvalue weighted by Crippen LogP contribution is 2.16. The molecule has 0 fully saturated rings. The Kier molecular flexibility index (Phi) is 6.71. The molecule has 108 valence electrons. The van der Waals surface area contributed by atoms with Crippen LogP contribution >= 0.6 is 0 Å². The van der Waals surface area contributed by atoms with Gasteiger partial charge in [-0.3, -0.25) is 0 Å². The van der Waals surface area contributed by atoms with E-state index in [0.717, 1.165) is 0 Å². The molecule has 0 aliphatic heterocycles. The van der Waals surface area contributed by atoms with Gasteiger partial charge in [-0.2, -0.15) is 13.2 Å². The monoisotopic (exact) mass is 282 g/mol. The van der Waals surface area contributed by atoms with Gasteiger partial charge in [-0.05, 0) is 0 Å². The summed E-state index contributed by atoms with van der Waals surface area (Å²) in [4.78, 5) is 22.4. The Balaban J connectivity index is 4.71. The minimum absolute atomic E-state index is 0.256. The minimum Gasteiger partial charge on any atom is -0.480 e. The Labute approximate surface area is 107 Å². The maximum Gasteiger partial charge on any atom is 0.406 e. The molecule has 1 atom stereocenters. The normalized spacial score (nSPS) is 12.4. The number of alkyl halides is 3. The molecule has 1 unspecified atom stereocenters. The first-order valence-corrected chi connectivity index (χ1v) is 5.10. The van der Waals surface area contributed by atoms with Crippen LogP contribution in [-0.2, 0) is 4.79 Å². The molecule has 0 aromatic carbocycles. The van der Waals surface area contributed by atoms with Gasteiger partial charge in [-0.25, -0.2) is 9.59 Å². The summed E-state index contributed by atoms with van der Waals surface area (Å²) in [7, 11) is 0. The smallest absolute Gasteiger partial charge is 0.406 e. The summed E-state index contributed by atoms with van der Waals surface area (Å²) in [5.41, 5.74) is 0. The zero-order valence-corrected chi connectivity index (χ0v) is 9.78. The first-order chi connectivity index (χ1) is 8.71. The number of carbonyl (C=O) groups excluding carboxylic acids is 1. The van der Waals surface area contributed by atoms with Gasteiger partial charge < -0.3 is 20.4 Å². The molecule has 0 rings (SSSR count). The van der Waals surface area contributed by atoms with Crippen molar-refractivity contribution in [1.82, 2.24) is 10.2 Å². The van der Waals surface area contributed by atoms with Gasteiger partial charge in [0.25, 0.3) is 0 Å². The second-order valence-electron chi connectivity index (χ2n) is 3.51. The van der Waals surface area contributed by atoms with Crippen LogP contribution < -0.4 is 5.32 Å². The molecule has 0 radical (unpaired) electrons. The number of hydrogen-bond acceptors (Lipinski definition) is 3. The first-order valence-electron chi connectivity index (χ1n) is 5.10. The lowest BCUT2D eigenvalue weighted by atomic mass is 10.2. The largest absolute Gasteiger partial charge is 0.480 e. The third-order valence-electron chi connectivity index (χ3n) is 1.95. The summed E-state index contributed by atoms with van der Waals surface area (Å²) in [5.74, 6) is 0.532. The number of halogens is 3. The third kappa shape index (κ3) is 7.15. The van der Waals surface area contributed by atoms with E-state index in [1.807, 2.05) is 11.2 Å². The molecule has 0 aliphatic rings. The summed E-state index contributed by atoms with van der Waals surface area (Å²) in [6.45, 7) is -2.86. The number of nitrogens with zero attached hydrogens (tertiary/aromatic N) is 1. The molecule has 2 amide bonds. The SMILES string of the molecule is C#CCC(NC(=O)N(CCO)CC(F)(F)F)C(=O)O. The van der Waals surface area contributed by atoms with Crippen LogP contribution in [-0.4, -0.2) is 59.0 Å². The van der Waals surface area contributed by atoms with Crippen LogP contribution in [0.4, 0.5) is 18.0 Å². The Morgan fingerprint density at radius 3 is 2.37 bits per heavy atom. The zero-order valence-electron chi connectivity index (χ0n) is 9.78. The average molecular weight is 282 g/mol. The number of amides is 2. The quantitative estimate of drug-likeness (QED) is 0.599. The van der Waals surface area contributed by atoms with E-state index < -0.39 is 43.9 Å². The fourth-order valence-corrected chi connectivity index (χ4v) is 1.15. The molecule has 3 N–H and O–H groups in total. The number of terminal acetylenes is 1. The summed E-state index contributed by atoms with van der Waals surface area (Å²) in [5, 5.41) is 19.1. The van der Waals surface area contributed by atoms with E-state index in [-0.39, 0.29) is 11.3 Å². The molecule has 0 saturated carbocycles. The Morgan fingerprint density at radius 2 is 2.00 bits per heavy atom. The van der Waals surface area contributed by atoms with Crippen LogP contribution in [0.25, 0.3) is 0 Å². The maximum atomic E-state index is 12.2. The molecule has 0 aromatic rings. The number of carboxylic acid groups (broad SMARTS) is 1. The van der Waals surface area contributed by atoms with Gasteiger partial charge in [-0.1, -0.05) is 0 Å². The molecule has 0 spiro atoms. The Hall–Kier alpha value is -1.95. The highest BCUT2D eigenvalue weighted by molar-refractivity contribution is 5.82. The predicted octanol–water partition coefficient (Wildman–Crippen LogP) is 0.0291. The van der Waals surface area contributed by atoms with Gasteiger partial charge in [0.15, 0.2) is 0 Å². The van der Waals surface area contributed by atoms with E-state index in [2.05, 4.69) is 0 Å². The third-order valence-corrected chi connectivity index (χ3v) is 1.95. The van der Waals surface area contributed by atoms with Gasteiger partial charge in [0.05, 0.1) is 6.61 Å². The topological polar surface area (TPSA) is 89.9 Å². The van der Waals surface area contributed by atoms with Crippen molar-refractivity contribution in [3.8, 4) is 12.3 Å². The molecule has 0 bridgehead atoms. The van der Waals surface area contributed by atoms with E-state index >= 15 is 0 Å². The fraction of sp³-hybridized carbons (Fsp3) is 0.600. The highest BCUT2D eigenvalue weighted by Gasteiger charge is 2.33. The lowest BCUT2D eigenvalue weighted by Crippen LogP contribution is -2.51. The molecule has 0 saturated heterocycles. The molecule has 0 aromatic heterocycles. The number of hydrogen-bond donors (Lipinski definition) is 3. The van der Waals surface area contributed by atoms with E-state index in [4.69, 9.17) is 16.6 Å². The number of rotatable bonds is 6. The van der Waals surface area contributed by atoms with Crippen LogP contribution in [0, 0.1) is 12.3 Å². The fourth-order valence-electron chi connectivity index (χ4n) is 1.15. The van der Waals surface area contributed by atoms with Gasteiger partial charge in [0.2, 0.25) is 0 Å². The van der Waals surface area contributed by atoms with Crippen LogP contribution in [0.3, 0.4) is 0 Å². The molecule has 9 heteroatoms. The van der Waals surface area contributed by atoms with Crippen LogP contribution in [0.5, 0.6) is 0 Å². The van der Waals surface area contributed by atoms with Crippen molar-refractivity contribution in [1.29, 1.82) is 0 Å². The second-order valence-corrected chi connectivity index (χ2v) is 3.51. The van der Waals surface area contributed by atoms with Gasteiger partial charge >= 0.3 is 18.2 Å².